The molecule has 2 atom stereocenters. The van der Waals surface area contributed by atoms with Gasteiger partial charge in [0.2, 0.25) is 0 Å². The molecule has 4 aliphatic rings. The number of aliphatic carboxylic acids is 1. The lowest BCUT2D eigenvalue weighted by Crippen LogP contribution is -2.65. The van der Waals surface area contributed by atoms with Crippen molar-refractivity contribution in [1.82, 2.24) is 0 Å². The fourth-order valence-corrected chi connectivity index (χ4v) is 5.10. The van der Waals surface area contributed by atoms with Gasteiger partial charge < -0.3 is 5.11 Å². The molecule has 4 fully saturated rings. The molecule has 0 heterocycles. The van der Waals surface area contributed by atoms with E-state index in [1.165, 1.54) is 0 Å². The van der Waals surface area contributed by atoms with Crippen LogP contribution in [0.1, 0.15) is 45.4 Å². The molecule has 4 rings (SSSR count). The molecule has 1 N–H and O–H groups in total. The maximum absolute atomic E-state index is 14.5. The summed E-state index contributed by atoms with van der Waals surface area (Å²) in [7, 11) is 0. The fourth-order valence-electron chi connectivity index (χ4n) is 5.10. The van der Waals surface area contributed by atoms with Crippen LogP contribution in [-0.4, -0.2) is 22.4 Å². The lowest BCUT2D eigenvalue weighted by molar-refractivity contribution is -0.218. The van der Waals surface area contributed by atoms with Crippen molar-refractivity contribution in [3.63, 3.8) is 0 Å². The topological polar surface area (TPSA) is 37.3 Å². The Bertz CT molecular complexity index is 326. The maximum Gasteiger partial charge on any atom is 0.309 e. The van der Waals surface area contributed by atoms with Crippen LogP contribution >= 0.6 is 0 Å². The highest BCUT2D eigenvalue weighted by Crippen LogP contribution is 2.69. The van der Waals surface area contributed by atoms with Crippen molar-refractivity contribution in [2.75, 3.05) is 0 Å². The van der Waals surface area contributed by atoms with Crippen molar-refractivity contribution in [3.8, 4) is 0 Å². The van der Waals surface area contributed by atoms with Crippen LogP contribution in [0.15, 0.2) is 0 Å². The first-order valence-corrected chi connectivity index (χ1v) is 5.80. The number of halogens is 2. The zero-order valence-corrected chi connectivity index (χ0v) is 9.35. The van der Waals surface area contributed by atoms with E-state index in [0.29, 0.717) is 19.3 Å². The molecule has 90 valence electrons. The molecule has 0 aromatic heterocycles. The number of alkyl halides is 2. The molecular weight excluding hydrogens is 214 g/mol. The normalized spacial score (nSPS) is 58.9. The van der Waals surface area contributed by atoms with E-state index < -0.39 is 28.1 Å². The molecule has 0 aromatic rings. The van der Waals surface area contributed by atoms with E-state index in [-0.39, 0.29) is 19.3 Å². The Morgan fingerprint density at radius 2 is 1.50 bits per heavy atom. The largest absolute Gasteiger partial charge is 0.481 e. The number of rotatable bonds is 1. The molecule has 0 amide bonds. The molecule has 4 heteroatoms. The molecule has 4 aliphatic carbocycles. The van der Waals surface area contributed by atoms with E-state index in [2.05, 4.69) is 0 Å². The van der Waals surface area contributed by atoms with Gasteiger partial charge in [-0.1, -0.05) is 6.92 Å². The highest BCUT2D eigenvalue weighted by atomic mass is 19.2. The summed E-state index contributed by atoms with van der Waals surface area (Å²) in [5.74, 6) is -1.01. The van der Waals surface area contributed by atoms with Gasteiger partial charge in [-0.15, -0.1) is 0 Å². The molecule has 2 nitrogen and oxygen atoms in total. The van der Waals surface area contributed by atoms with Gasteiger partial charge in [0.1, 0.15) is 11.3 Å². The molecule has 16 heavy (non-hydrogen) atoms. The van der Waals surface area contributed by atoms with E-state index in [4.69, 9.17) is 0 Å². The Labute approximate surface area is 93.0 Å². The third kappa shape index (κ3) is 1.19. The minimum atomic E-state index is -1.59. The summed E-state index contributed by atoms with van der Waals surface area (Å²) < 4.78 is 29.0. The highest BCUT2D eigenvalue weighted by molar-refractivity contribution is 5.76. The SMILES string of the molecule is CC12CC3(F)CC(F)(C1)CC(C(=O)O)(C2)C3. The first kappa shape index (κ1) is 10.5. The van der Waals surface area contributed by atoms with Crippen molar-refractivity contribution >= 4 is 5.97 Å². The Morgan fingerprint density at radius 1 is 1.00 bits per heavy atom. The minimum absolute atomic E-state index is 0.0105. The predicted molar refractivity (Wildman–Crippen MR) is 53.6 cm³/mol. The standard InChI is InChI=1S/C12H16F2O2/c1-9-2-10(8(15)16)5-11(13,3-9)7-12(14,4-9)6-10/h2-7H2,1H3,(H,15,16). The number of carboxylic acids is 1. The second-order valence-corrected chi connectivity index (χ2v) is 6.76. The Balaban J connectivity index is 2.11. The quantitative estimate of drug-likeness (QED) is 0.752. The lowest BCUT2D eigenvalue weighted by Gasteiger charge is -2.63. The van der Waals surface area contributed by atoms with Gasteiger partial charge in [0.15, 0.2) is 0 Å². The first-order valence-electron chi connectivity index (χ1n) is 5.80. The molecule has 2 unspecified atom stereocenters. The van der Waals surface area contributed by atoms with E-state index in [0.717, 1.165) is 0 Å². The average Bonchev–Trinajstić information content (AvgIpc) is 1.92. The van der Waals surface area contributed by atoms with Crippen LogP contribution in [-0.2, 0) is 4.79 Å². The van der Waals surface area contributed by atoms with Crippen LogP contribution < -0.4 is 0 Å². The summed E-state index contributed by atoms with van der Waals surface area (Å²) in [5.41, 5.74) is -4.78. The zero-order chi connectivity index (χ0) is 11.8. The van der Waals surface area contributed by atoms with E-state index >= 15 is 0 Å². The Kier molecular flexibility index (Phi) is 1.60. The molecule has 0 radical (unpaired) electrons. The van der Waals surface area contributed by atoms with E-state index in [1.54, 1.807) is 0 Å². The third-order valence-corrected chi connectivity index (χ3v) is 4.65. The Hall–Kier alpha value is -0.670. The van der Waals surface area contributed by atoms with Crippen molar-refractivity contribution in [2.24, 2.45) is 10.8 Å². The van der Waals surface area contributed by atoms with Crippen LogP contribution in [0.25, 0.3) is 0 Å². The number of hydrogen-bond donors (Lipinski definition) is 1. The average molecular weight is 230 g/mol. The minimum Gasteiger partial charge on any atom is -0.481 e. The van der Waals surface area contributed by atoms with E-state index in [9.17, 15) is 18.7 Å². The van der Waals surface area contributed by atoms with Crippen LogP contribution in [0, 0.1) is 10.8 Å². The van der Waals surface area contributed by atoms with Gasteiger partial charge in [0, 0.05) is 6.42 Å². The summed E-state index contributed by atoms with van der Waals surface area (Å²) in [6, 6.07) is 0. The van der Waals surface area contributed by atoms with Gasteiger partial charge in [-0.25, -0.2) is 8.78 Å². The van der Waals surface area contributed by atoms with Crippen molar-refractivity contribution in [1.29, 1.82) is 0 Å². The van der Waals surface area contributed by atoms with Crippen LogP contribution in [0.4, 0.5) is 8.78 Å². The van der Waals surface area contributed by atoms with Gasteiger partial charge >= 0.3 is 5.97 Å². The monoisotopic (exact) mass is 230 g/mol. The molecule has 0 aromatic carbocycles. The summed E-state index contributed by atoms with van der Waals surface area (Å²) in [5, 5.41) is 9.29. The second kappa shape index (κ2) is 2.44. The molecule has 4 saturated carbocycles. The zero-order valence-electron chi connectivity index (χ0n) is 9.35. The summed E-state index contributed by atoms with van der Waals surface area (Å²) in [6.45, 7) is 1.84. The van der Waals surface area contributed by atoms with Gasteiger partial charge in [-0.2, -0.15) is 0 Å². The second-order valence-electron chi connectivity index (χ2n) is 6.76. The van der Waals surface area contributed by atoms with Crippen LogP contribution in [0.2, 0.25) is 0 Å². The van der Waals surface area contributed by atoms with Crippen LogP contribution in [0.3, 0.4) is 0 Å². The lowest BCUT2D eigenvalue weighted by atomic mass is 9.43. The fraction of sp³-hybridized carbons (Fsp3) is 0.917. The summed E-state index contributed by atoms with van der Waals surface area (Å²) >= 11 is 0. The molecular formula is C12H16F2O2. The van der Waals surface area contributed by atoms with Gasteiger partial charge in [0.25, 0.3) is 0 Å². The molecule has 4 bridgehead atoms. The molecule has 0 aliphatic heterocycles. The number of hydrogen-bond acceptors (Lipinski definition) is 1. The van der Waals surface area contributed by atoms with Gasteiger partial charge in [-0.05, 0) is 37.5 Å². The van der Waals surface area contributed by atoms with Crippen molar-refractivity contribution in [3.05, 3.63) is 0 Å². The van der Waals surface area contributed by atoms with Crippen molar-refractivity contribution in [2.45, 2.75) is 56.8 Å². The smallest absolute Gasteiger partial charge is 0.309 e. The molecule has 0 saturated heterocycles. The predicted octanol–water partition coefficient (Wildman–Crippen LogP) is 2.86. The van der Waals surface area contributed by atoms with Gasteiger partial charge in [-0.3, -0.25) is 4.79 Å². The summed E-state index contributed by atoms with van der Waals surface area (Å²) in [4.78, 5) is 11.3. The highest BCUT2D eigenvalue weighted by Gasteiger charge is 2.70. The first-order chi connectivity index (χ1) is 7.19. The number of carboxylic acid groups (broad SMARTS) is 1. The third-order valence-electron chi connectivity index (χ3n) is 4.65. The Morgan fingerprint density at radius 3 is 1.88 bits per heavy atom. The van der Waals surface area contributed by atoms with Crippen LogP contribution in [0.5, 0.6) is 0 Å². The van der Waals surface area contributed by atoms with Crippen molar-refractivity contribution < 1.29 is 18.7 Å². The van der Waals surface area contributed by atoms with Gasteiger partial charge in [0.05, 0.1) is 5.41 Å². The number of carbonyl (C=O) groups is 1. The molecule has 0 spiro atoms. The summed E-state index contributed by atoms with van der Waals surface area (Å²) in [6.07, 6.45) is 1.03. The van der Waals surface area contributed by atoms with E-state index in [1.807, 2.05) is 6.92 Å². The maximum atomic E-state index is 14.5.